The van der Waals surface area contributed by atoms with Crippen LogP contribution in [0.5, 0.6) is 0 Å². The molecule has 86 valence electrons. The molecule has 1 atom stereocenters. The zero-order valence-electron chi connectivity index (χ0n) is 9.61. The van der Waals surface area contributed by atoms with Crippen LogP contribution >= 0.6 is 11.3 Å². The molecule has 1 aromatic rings. The molecule has 1 aliphatic rings. The van der Waals surface area contributed by atoms with E-state index in [-0.39, 0.29) is 0 Å². The van der Waals surface area contributed by atoms with Crippen molar-refractivity contribution in [1.29, 1.82) is 0 Å². The first kappa shape index (κ1) is 11.7. The fourth-order valence-electron chi connectivity index (χ4n) is 2.01. The largest absolute Gasteiger partial charge is 0.309 e. The summed E-state index contributed by atoms with van der Waals surface area (Å²) in [6.45, 7) is 1.10. The molecule has 0 bridgehead atoms. The van der Waals surface area contributed by atoms with Gasteiger partial charge >= 0.3 is 0 Å². The molecule has 1 N–H and O–H groups in total. The van der Waals surface area contributed by atoms with Gasteiger partial charge in [0.25, 0.3) is 0 Å². The molecule has 1 heterocycles. The maximum atomic E-state index is 5.24. The highest BCUT2D eigenvalue weighted by atomic mass is 32.1. The van der Waals surface area contributed by atoms with Crippen LogP contribution in [0.1, 0.15) is 43.0 Å². The van der Waals surface area contributed by atoms with E-state index in [4.69, 9.17) is 6.42 Å². The first-order valence-electron chi connectivity index (χ1n) is 6.12. The van der Waals surface area contributed by atoms with Crippen LogP contribution in [0.3, 0.4) is 0 Å². The summed E-state index contributed by atoms with van der Waals surface area (Å²) in [7, 11) is 0. The Hall–Kier alpha value is -0.780. The van der Waals surface area contributed by atoms with Gasteiger partial charge < -0.3 is 5.32 Å². The van der Waals surface area contributed by atoms with E-state index in [0.29, 0.717) is 6.04 Å². The molecule has 1 fully saturated rings. The highest BCUT2D eigenvalue weighted by Crippen LogP contribution is 2.42. The monoisotopic (exact) mass is 233 g/mol. The second kappa shape index (κ2) is 6.08. The third-order valence-corrected chi connectivity index (χ3v) is 4.01. The Morgan fingerprint density at radius 2 is 2.38 bits per heavy atom. The fraction of sp³-hybridized carbons (Fsp3) is 0.571. The molecular weight excluding hydrogens is 214 g/mol. The fourth-order valence-corrected chi connectivity index (χ4v) is 2.90. The smallest absolute Gasteiger partial charge is 0.0443 e. The Morgan fingerprint density at radius 3 is 3.00 bits per heavy atom. The van der Waals surface area contributed by atoms with Crippen molar-refractivity contribution in [3.8, 4) is 12.3 Å². The van der Waals surface area contributed by atoms with Crippen LogP contribution in [-0.2, 0) is 0 Å². The lowest BCUT2D eigenvalue weighted by Gasteiger charge is -2.16. The number of hydrogen-bond acceptors (Lipinski definition) is 2. The third-order valence-electron chi connectivity index (χ3n) is 3.06. The summed E-state index contributed by atoms with van der Waals surface area (Å²) in [5.74, 6) is 3.57. The van der Waals surface area contributed by atoms with Crippen LogP contribution in [0.25, 0.3) is 0 Å². The third kappa shape index (κ3) is 3.37. The second-order valence-electron chi connectivity index (χ2n) is 4.45. The maximum Gasteiger partial charge on any atom is 0.0443 e. The number of unbranched alkanes of at least 4 members (excludes halogenated alkanes) is 2. The zero-order chi connectivity index (χ0) is 11.2. The number of nitrogens with one attached hydrogen (secondary N) is 1. The Balaban J connectivity index is 1.74. The van der Waals surface area contributed by atoms with Crippen molar-refractivity contribution in [2.45, 2.75) is 38.1 Å². The molecule has 2 rings (SSSR count). The molecule has 0 spiro atoms. The molecule has 0 aromatic carbocycles. The van der Waals surface area contributed by atoms with Gasteiger partial charge in [-0.2, -0.15) is 0 Å². The van der Waals surface area contributed by atoms with E-state index in [1.165, 1.54) is 24.1 Å². The van der Waals surface area contributed by atoms with E-state index in [1.54, 1.807) is 0 Å². The van der Waals surface area contributed by atoms with Crippen molar-refractivity contribution < 1.29 is 0 Å². The van der Waals surface area contributed by atoms with Gasteiger partial charge in [0.15, 0.2) is 0 Å². The number of hydrogen-bond donors (Lipinski definition) is 1. The topological polar surface area (TPSA) is 12.0 Å². The van der Waals surface area contributed by atoms with Crippen LogP contribution in [-0.4, -0.2) is 6.54 Å². The van der Waals surface area contributed by atoms with Crippen molar-refractivity contribution in [3.05, 3.63) is 22.4 Å². The molecule has 0 saturated heterocycles. The summed E-state index contributed by atoms with van der Waals surface area (Å²) in [6.07, 6.45) is 11.3. The van der Waals surface area contributed by atoms with Gasteiger partial charge in [-0.3, -0.25) is 0 Å². The minimum atomic E-state index is 0.603. The van der Waals surface area contributed by atoms with Gasteiger partial charge in [-0.1, -0.05) is 6.07 Å². The molecule has 1 unspecified atom stereocenters. The number of thiophene rings is 1. The zero-order valence-corrected chi connectivity index (χ0v) is 10.4. The average molecular weight is 233 g/mol. The Bertz CT molecular complexity index is 332. The van der Waals surface area contributed by atoms with Crippen LogP contribution in [0.2, 0.25) is 0 Å². The molecule has 0 amide bonds. The molecular formula is C14H19NS. The minimum Gasteiger partial charge on any atom is -0.309 e. The summed E-state index contributed by atoms with van der Waals surface area (Å²) in [5.41, 5.74) is 0. The normalized spacial score (nSPS) is 16.9. The first-order valence-corrected chi connectivity index (χ1v) is 7.00. The van der Waals surface area contributed by atoms with Crippen molar-refractivity contribution in [2.75, 3.05) is 6.54 Å². The average Bonchev–Trinajstić information content (AvgIpc) is 2.98. The molecule has 1 aromatic heterocycles. The van der Waals surface area contributed by atoms with E-state index in [9.17, 15) is 0 Å². The number of rotatable bonds is 7. The summed E-state index contributed by atoms with van der Waals surface area (Å²) >= 11 is 1.87. The van der Waals surface area contributed by atoms with E-state index in [2.05, 4.69) is 28.8 Å². The lowest BCUT2D eigenvalue weighted by molar-refractivity contribution is 0.477. The van der Waals surface area contributed by atoms with E-state index < -0.39 is 0 Å². The summed E-state index contributed by atoms with van der Waals surface area (Å²) in [4.78, 5) is 1.50. The van der Waals surface area contributed by atoms with Crippen molar-refractivity contribution in [3.63, 3.8) is 0 Å². The Morgan fingerprint density at radius 1 is 1.50 bits per heavy atom. The van der Waals surface area contributed by atoms with E-state index in [0.717, 1.165) is 25.3 Å². The van der Waals surface area contributed by atoms with Gasteiger partial charge in [0.2, 0.25) is 0 Å². The van der Waals surface area contributed by atoms with Crippen LogP contribution < -0.4 is 5.32 Å². The quantitative estimate of drug-likeness (QED) is 0.560. The molecule has 0 radical (unpaired) electrons. The Kier molecular flexibility index (Phi) is 4.44. The molecule has 1 nitrogen and oxygen atoms in total. The van der Waals surface area contributed by atoms with Crippen LogP contribution in [0.15, 0.2) is 17.5 Å². The van der Waals surface area contributed by atoms with Gasteiger partial charge in [-0.15, -0.1) is 23.7 Å². The van der Waals surface area contributed by atoms with Crippen molar-refractivity contribution >= 4 is 11.3 Å². The lowest BCUT2D eigenvalue weighted by atomic mass is 10.1. The van der Waals surface area contributed by atoms with Gasteiger partial charge in [0.05, 0.1) is 0 Å². The SMILES string of the molecule is C#CCCCCNC(c1cccs1)C1CC1. The van der Waals surface area contributed by atoms with Crippen molar-refractivity contribution in [2.24, 2.45) is 5.92 Å². The summed E-state index contributed by atoms with van der Waals surface area (Å²) in [6, 6.07) is 5.00. The Labute approximate surface area is 102 Å². The molecule has 0 aliphatic heterocycles. The predicted molar refractivity (Wildman–Crippen MR) is 70.5 cm³/mol. The van der Waals surface area contributed by atoms with Gasteiger partial charge in [0, 0.05) is 17.3 Å². The van der Waals surface area contributed by atoms with Crippen LogP contribution in [0.4, 0.5) is 0 Å². The van der Waals surface area contributed by atoms with Gasteiger partial charge in [0.1, 0.15) is 0 Å². The first-order chi connectivity index (χ1) is 7.92. The van der Waals surface area contributed by atoms with E-state index in [1.807, 2.05) is 11.3 Å². The maximum absolute atomic E-state index is 5.24. The standard InChI is InChI=1S/C14H19NS/c1-2-3-4-5-10-15-14(12-8-9-12)13-7-6-11-16-13/h1,6-7,11-12,14-15H,3-5,8-10H2. The highest BCUT2D eigenvalue weighted by Gasteiger charge is 2.32. The van der Waals surface area contributed by atoms with Gasteiger partial charge in [-0.05, 0) is 49.6 Å². The minimum absolute atomic E-state index is 0.603. The molecule has 2 heteroatoms. The molecule has 16 heavy (non-hydrogen) atoms. The summed E-state index contributed by atoms with van der Waals surface area (Å²) < 4.78 is 0. The number of terminal acetylenes is 1. The predicted octanol–water partition coefficient (Wildman–Crippen LogP) is 3.59. The second-order valence-corrected chi connectivity index (χ2v) is 5.43. The molecule has 1 aliphatic carbocycles. The van der Waals surface area contributed by atoms with E-state index >= 15 is 0 Å². The van der Waals surface area contributed by atoms with Gasteiger partial charge in [-0.25, -0.2) is 0 Å². The lowest BCUT2D eigenvalue weighted by Crippen LogP contribution is -2.23. The van der Waals surface area contributed by atoms with Crippen LogP contribution in [0, 0.1) is 18.3 Å². The van der Waals surface area contributed by atoms with Crippen molar-refractivity contribution in [1.82, 2.24) is 5.32 Å². The molecule has 1 saturated carbocycles. The summed E-state index contributed by atoms with van der Waals surface area (Å²) in [5, 5.41) is 5.86. The highest BCUT2D eigenvalue weighted by molar-refractivity contribution is 7.10.